The van der Waals surface area contributed by atoms with Crippen LogP contribution in [0.1, 0.15) is 17.2 Å². The quantitative estimate of drug-likeness (QED) is 0.751. The van der Waals surface area contributed by atoms with Gasteiger partial charge in [0.25, 0.3) is 0 Å². The van der Waals surface area contributed by atoms with Crippen molar-refractivity contribution in [3.63, 3.8) is 0 Å². The van der Waals surface area contributed by atoms with E-state index in [1.165, 1.54) is 13.2 Å². The van der Waals surface area contributed by atoms with E-state index in [1.54, 1.807) is 6.07 Å². The summed E-state index contributed by atoms with van der Waals surface area (Å²) >= 11 is 7.02. The molecule has 0 aliphatic heterocycles. The Labute approximate surface area is 141 Å². The third-order valence-electron chi connectivity index (χ3n) is 3.34. The van der Waals surface area contributed by atoms with E-state index in [2.05, 4.69) is 43.2 Å². The zero-order valence-corrected chi connectivity index (χ0v) is 15.0. The highest BCUT2D eigenvalue weighted by Crippen LogP contribution is 2.29. The van der Waals surface area contributed by atoms with Crippen LogP contribution < -0.4 is 10.1 Å². The number of ether oxygens (including phenoxy) is 1. The molecule has 1 unspecified atom stereocenters. The van der Waals surface area contributed by atoms with Gasteiger partial charge in [0.2, 0.25) is 0 Å². The van der Waals surface area contributed by atoms with Gasteiger partial charge in [0.05, 0.1) is 7.11 Å². The SMILES string of the molecule is CNC(Cc1ccc(OC)c(F)c1)c1ccc(Br)cc1Br. The molecular weight excluding hydrogens is 401 g/mol. The van der Waals surface area contributed by atoms with Crippen LogP contribution in [0.25, 0.3) is 0 Å². The molecule has 0 aliphatic rings. The molecule has 0 aromatic heterocycles. The van der Waals surface area contributed by atoms with Crippen molar-refractivity contribution in [2.24, 2.45) is 0 Å². The third kappa shape index (κ3) is 4.05. The number of benzene rings is 2. The van der Waals surface area contributed by atoms with Gasteiger partial charge in [-0.2, -0.15) is 0 Å². The molecule has 0 bridgehead atoms. The van der Waals surface area contributed by atoms with Gasteiger partial charge >= 0.3 is 0 Å². The van der Waals surface area contributed by atoms with Crippen LogP contribution in [0.3, 0.4) is 0 Å². The fraction of sp³-hybridized carbons (Fsp3) is 0.250. The molecule has 0 aliphatic carbocycles. The van der Waals surface area contributed by atoms with Crippen molar-refractivity contribution in [1.29, 1.82) is 0 Å². The van der Waals surface area contributed by atoms with E-state index in [9.17, 15) is 4.39 Å². The van der Waals surface area contributed by atoms with E-state index in [0.29, 0.717) is 6.42 Å². The molecule has 1 N–H and O–H groups in total. The molecule has 0 fully saturated rings. The van der Waals surface area contributed by atoms with Crippen LogP contribution in [0.15, 0.2) is 45.3 Å². The van der Waals surface area contributed by atoms with Crippen LogP contribution in [0.2, 0.25) is 0 Å². The summed E-state index contributed by atoms with van der Waals surface area (Å²) in [6.45, 7) is 0. The summed E-state index contributed by atoms with van der Waals surface area (Å²) in [6, 6.07) is 11.2. The lowest BCUT2D eigenvalue weighted by Crippen LogP contribution is -2.19. The highest BCUT2D eigenvalue weighted by molar-refractivity contribution is 9.11. The molecule has 0 saturated heterocycles. The van der Waals surface area contributed by atoms with Crippen molar-refractivity contribution in [3.8, 4) is 5.75 Å². The van der Waals surface area contributed by atoms with Gasteiger partial charge in [0.15, 0.2) is 11.6 Å². The molecule has 0 spiro atoms. The Hall–Kier alpha value is -0.910. The lowest BCUT2D eigenvalue weighted by molar-refractivity contribution is 0.386. The van der Waals surface area contributed by atoms with Crippen molar-refractivity contribution < 1.29 is 9.13 Å². The van der Waals surface area contributed by atoms with Gasteiger partial charge in [-0.1, -0.05) is 44.0 Å². The molecule has 0 heterocycles. The van der Waals surface area contributed by atoms with E-state index < -0.39 is 0 Å². The molecule has 0 amide bonds. The summed E-state index contributed by atoms with van der Waals surface area (Å²) in [5, 5.41) is 3.28. The van der Waals surface area contributed by atoms with Crippen LogP contribution in [0, 0.1) is 5.82 Å². The molecule has 112 valence electrons. The maximum Gasteiger partial charge on any atom is 0.165 e. The lowest BCUT2D eigenvalue weighted by Gasteiger charge is -2.19. The molecule has 21 heavy (non-hydrogen) atoms. The van der Waals surface area contributed by atoms with Crippen LogP contribution in [-0.2, 0) is 6.42 Å². The van der Waals surface area contributed by atoms with Crippen LogP contribution in [0.4, 0.5) is 4.39 Å². The summed E-state index contributed by atoms with van der Waals surface area (Å²) < 4.78 is 20.8. The zero-order valence-electron chi connectivity index (χ0n) is 11.8. The van der Waals surface area contributed by atoms with Crippen molar-refractivity contribution in [2.75, 3.05) is 14.2 Å². The Morgan fingerprint density at radius 2 is 1.95 bits per heavy atom. The van der Waals surface area contributed by atoms with Gasteiger partial charge in [0, 0.05) is 15.0 Å². The molecule has 2 nitrogen and oxygen atoms in total. The molecule has 5 heteroatoms. The van der Waals surface area contributed by atoms with Gasteiger partial charge in [-0.15, -0.1) is 0 Å². The zero-order chi connectivity index (χ0) is 15.4. The number of methoxy groups -OCH3 is 1. The van der Waals surface area contributed by atoms with Crippen LogP contribution >= 0.6 is 31.9 Å². The predicted octanol–water partition coefficient (Wildman–Crippen LogP) is 4.86. The molecule has 2 rings (SSSR count). The van der Waals surface area contributed by atoms with E-state index >= 15 is 0 Å². The second kappa shape index (κ2) is 7.38. The Morgan fingerprint density at radius 1 is 1.19 bits per heavy atom. The first kappa shape index (κ1) is 16.5. The summed E-state index contributed by atoms with van der Waals surface area (Å²) in [7, 11) is 3.37. The van der Waals surface area contributed by atoms with Gasteiger partial charge in [-0.05, 0) is 48.9 Å². The minimum Gasteiger partial charge on any atom is -0.494 e. The van der Waals surface area contributed by atoms with E-state index in [4.69, 9.17) is 4.74 Å². The monoisotopic (exact) mass is 415 g/mol. The molecule has 2 aromatic carbocycles. The number of likely N-dealkylation sites (N-methyl/N-ethyl adjacent to an activating group) is 1. The minimum atomic E-state index is -0.334. The van der Waals surface area contributed by atoms with Crippen molar-refractivity contribution in [2.45, 2.75) is 12.5 Å². The van der Waals surface area contributed by atoms with Crippen molar-refractivity contribution in [1.82, 2.24) is 5.32 Å². The summed E-state index contributed by atoms with van der Waals surface area (Å²) in [6.07, 6.45) is 0.692. The topological polar surface area (TPSA) is 21.3 Å². The second-order valence-electron chi connectivity index (χ2n) is 4.68. The van der Waals surface area contributed by atoms with Gasteiger partial charge < -0.3 is 10.1 Å². The summed E-state index contributed by atoms with van der Waals surface area (Å²) in [4.78, 5) is 0. The normalized spacial score (nSPS) is 12.2. The van der Waals surface area contributed by atoms with Gasteiger partial charge in [-0.25, -0.2) is 4.39 Å². The maximum absolute atomic E-state index is 13.8. The standard InChI is InChI=1S/C16H16Br2FNO/c1-20-15(12-5-4-11(17)9-13(12)18)8-10-3-6-16(21-2)14(19)7-10/h3-7,9,15,20H,8H2,1-2H3. The Balaban J connectivity index is 2.24. The van der Waals surface area contributed by atoms with Crippen LogP contribution in [-0.4, -0.2) is 14.2 Å². The Kier molecular flexibility index (Phi) is 5.79. The van der Waals surface area contributed by atoms with Crippen LogP contribution in [0.5, 0.6) is 5.75 Å². The molecule has 1 atom stereocenters. The average Bonchev–Trinajstić information content (AvgIpc) is 2.45. The first-order valence-corrected chi connectivity index (χ1v) is 8.08. The lowest BCUT2D eigenvalue weighted by atomic mass is 9.99. The van der Waals surface area contributed by atoms with Gasteiger partial charge in [0.1, 0.15) is 0 Å². The number of halogens is 3. The fourth-order valence-corrected chi connectivity index (χ4v) is 3.55. The number of hydrogen-bond donors (Lipinski definition) is 1. The Bertz CT molecular complexity index is 634. The number of nitrogens with one attached hydrogen (secondary N) is 1. The first-order valence-electron chi connectivity index (χ1n) is 6.49. The van der Waals surface area contributed by atoms with E-state index in [0.717, 1.165) is 20.1 Å². The number of rotatable bonds is 5. The second-order valence-corrected chi connectivity index (χ2v) is 6.45. The largest absolute Gasteiger partial charge is 0.494 e. The maximum atomic E-state index is 13.8. The molecule has 0 saturated carbocycles. The van der Waals surface area contributed by atoms with Crippen molar-refractivity contribution >= 4 is 31.9 Å². The van der Waals surface area contributed by atoms with Crippen molar-refractivity contribution in [3.05, 3.63) is 62.3 Å². The smallest absolute Gasteiger partial charge is 0.165 e. The first-order chi connectivity index (χ1) is 10.0. The number of hydrogen-bond acceptors (Lipinski definition) is 2. The summed E-state index contributed by atoms with van der Waals surface area (Å²) in [5.41, 5.74) is 2.05. The minimum absolute atomic E-state index is 0.0975. The summed E-state index contributed by atoms with van der Waals surface area (Å²) in [5.74, 6) is -0.0655. The van der Waals surface area contributed by atoms with E-state index in [-0.39, 0.29) is 17.6 Å². The average molecular weight is 417 g/mol. The molecular formula is C16H16Br2FNO. The van der Waals surface area contributed by atoms with Gasteiger partial charge in [-0.3, -0.25) is 0 Å². The highest BCUT2D eigenvalue weighted by Gasteiger charge is 2.14. The fourth-order valence-electron chi connectivity index (χ4n) is 2.22. The molecule has 0 radical (unpaired) electrons. The third-order valence-corrected chi connectivity index (χ3v) is 4.52. The van der Waals surface area contributed by atoms with E-state index in [1.807, 2.05) is 25.2 Å². The predicted molar refractivity (Wildman–Crippen MR) is 90.3 cm³/mol. The molecule has 2 aromatic rings. The highest BCUT2D eigenvalue weighted by atomic mass is 79.9. The Morgan fingerprint density at radius 3 is 2.52 bits per heavy atom.